The van der Waals surface area contributed by atoms with Crippen molar-refractivity contribution in [2.24, 2.45) is 5.92 Å². The zero-order valence-corrected chi connectivity index (χ0v) is 20.7. The van der Waals surface area contributed by atoms with Gasteiger partial charge in [0.25, 0.3) is 0 Å². The number of morpholine rings is 1. The number of alkyl halides is 3. The molecule has 0 aliphatic carbocycles. The molecular formula is C26H30ClF3N4O2. The van der Waals surface area contributed by atoms with Crippen LogP contribution in [-0.2, 0) is 22.1 Å². The number of nitrogens with zero attached hydrogens (tertiary/aromatic N) is 3. The Hall–Kier alpha value is -2.49. The Labute approximate surface area is 213 Å². The number of hydrogen-bond acceptors (Lipinski definition) is 5. The van der Waals surface area contributed by atoms with Crippen molar-refractivity contribution in [3.63, 3.8) is 0 Å². The molecule has 10 heteroatoms. The molecule has 2 atom stereocenters. The van der Waals surface area contributed by atoms with Crippen molar-refractivity contribution in [1.29, 1.82) is 0 Å². The summed E-state index contributed by atoms with van der Waals surface area (Å²) in [5.41, 5.74) is 1.66. The highest BCUT2D eigenvalue weighted by molar-refractivity contribution is 6.30. The quantitative estimate of drug-likeness (QED) is 0.649. The average molecular weight is 523 g/mol. The third-order valence-corrected chi connectivity index (χ3v) is 7.62. The molecule has 194 valence electrons. The van der Waals surface area contributed by atoms with E-state index in [0.29, 0.717) is 50.0 Å². The molecule has 3 heterocycles. The lowest BCUT2D eigenvalue weighted by molar-refractivity contribution is -0.137. The minimum atomic E-state index is -4.42. The molecule has 2 aromatic rings. The van der Waals surface area contributed by atoms with Crippen LogP contribution in [0.2, 0.25) is 5.02 Å². The number of halogens is 4. The van der Waals surface area contributed by atoms with Crippen molar-refractivity contribution in [3.8, 4) is 0 Å². The number of rotatable bonds is 5. The molecule has 0 aromatic heterocycles. The molecule has 36 heavy (non-hydrogen) atoms. The molecule has 2 unspecified atom stereocenters. The second kappa shape index (κ2) is 10.5. The number of fused-ring (bicyclic) bond motifs is 3. The summed E-state index contributed by atoms with van der Waals surface area (Å²) in [6, 6.07) is 11.4. The van der Waals surface area contributed by atoms with Crippen LogP contribution < -0.4 is 15.1 Å². The van der Waals surface area contributed by atoms with E-state index < -0.39 is 17.7 Å². The first kappa shape index (κ1) is 25.2. The molecule has 0 radical (unpaired) electrons. The van der Waals surface area contributed by atoms with Gasteiger partial charge in [-0.05, 0) is 48.4 Å². The summed E-state index contributed by atoms with van der Waals surface area (Å²) in [7, 11) is 0. The standard InChI is InChI=1S/C26H30ClF3N4O2/c27-20-2-1-3-21(16-20)33-8-9-34-23-5-4-19(26(28,29)30)14-18(23)15-22(24(34)17-33)25(35)31-6-7-32-10-12-36-13-11-32/h1-5,14,16,22,24H,6-13,15,17H2,(H,31,35). The van der Waals surface area contributed by atoms with E-state index in [-0.39, 0.29) is 18.4 Å². The van der Waals surface area contributed by atoms with Gasteiger partial charge >= 0.3 is 6.18 Å². The van der Waals surface area contributed by atoms with E-state index in [1.165, 1.54) is 6.07 Å². The lowest BCUT2D eigenvalue weighted by Crippen LogP contribution is -2.61. The number of nitrogens with one attached hydrogen (secondary N) is 1. The molecule has 6 nitrogen and oxygen atoms in total. The molecule has 5 rings (SSSR count). The molecule has 3 aliphatic heterocycles. The fourth-order valence-corrected chi connectivity index (χ4v) is 5.68. The largest absolute Gasteiger partial charge is 0.416 e. The maximum absolute atomic E-state index is 13.4. The third kappa shape index (κ3) is 5.43. The molecule has 1 amide bonds. The molecule has 2 saturated heterocycles. The Morgan fingerprint density at radius 2 is 1.89 bits per heavy atom. The molecular weight excluding hydrogens is 493 g/mol. The number of ether oxygens (including phenoxy) is 1. The second-order valence-electron chi connectivity index (χ2n) is 9.58. The van der Waals surface area contributed by atoms with Crippen molar-refractivity contribution in [3.05, 3.63) is 58.6 Å². The van der Waals surface area contributed by atoms with Crippen LogP contribution in [0.3, 0.4) is 0 Å². The van der Waals surface area contributed by atoms with Gasteiger partial charge in [-0.1, -0.05) is 17.7 Å². The molecule has 3 aliphatic rings. The van der Waals surface area contributed by atoms with Crippen LogP contribution in [-0.4, -0.2) is 75.9 Å². The van der Waals surface area contributed by atoms with Crippen molar-refractivity contribution >= 4 is 28.9 Å². The van der Waals surface area contributed by atoms with Gasteiger partial charge in [0.05, 0.1) is 30.7 Å². The number of piperazine rings is 1. The Morgan fingerprint density at radius 1 is 1.08 bits per heavy atom. The van der Waals surface area contributed by atoms with Crippen molar-refractivity contribution in [2.45, 2.75) is 18.6 Å². The number of benzene rings is 2. The van der Waals surface area contributed by atoms with Crippen molar-refractivity contribution < 1.29 is 22.7 Å². The van der Waals surface area contributed by atoms with Gasteiger partial charge in [-0.2, -0.15) is 13.2 Å². The van der Waals surface area contributed by atoms with E-state index in [1.807, 2.05) is 24.3 Å². The van der Waals surface area contributed by atoms with Gasteiger partial charge < -0.3 is 19.9 Å². The van der Waals surface area contributed by atoms with Crippen LogP contribution in [0.1, 0.15) is 11.1 Å². The first-order valence-corrected chi connectivity index (χ1v) is 12.7. The minimum absolute atomic E-state index is 0.116. The Morgan fingerprint density at radius 3 is 2.64 bits per heavy atom. The first-order valence-electron chi connectivity index (χ1n) is 12.3. The highest BCUT2D eigenvalue weighted by atomic mass is 35.5. The summed E-state index contributed by atoms with van der Waals surface area (Å²) in [5, 5.41) is 3.70. The lowest BCUT2D eigenvalue weighted by Gasteiger charge is -2.49. The van der Waals surface area contributed by atoms with E-state index in [1.54, 1.807) is 6.07 Å². The minimum Gasteiger partial charge on any atom is -0.379 e. The van der Waals surface area contributed by atoms with Crippen LogP contribution in [0.5, 0.6) is 0 Å². The molecule has 2 fully saturated rings. The molecule has 0 bridgehead atoms. The van der Waals surface area contributed by atoms with Crippen LogP contribution in [0.15, 0.2) is 42.5 Å². The van der Waals surface area contributed by atoms with E-state index in [4.69, 9.17) is 16.3 Å². The highest BCUT2D eigenvalue weighted by Crippen LogP contribution is 2.40. The zero-order chi connectivity index (χ0) is 25.3. The topological polar surface area (TPSA) is 48.1 Å². The van der Waals surface area contributed by atoms with Gasteiger partial charge in [-0.25, -0.2) is 0 Å². The summed E-state index contributed by atoms with van der Waals surface area (Å²) in [4.78, 5) is 20.0. The predicted molar refractivity (Wildman–Crippen MR) is 134 cm³/mol. The van der Waals surface area contributed by atoms with Gasteiger partial charge in [0.1, 0.15) is 0 Å². The number of amides is 1. The van der Waals surface area contributed by atoms with Gasteiger partial charge in [-0.15, -0.1) is 0 Å². The van der Waals surface area contributed by atoms with Crippen molar-refractivity contribution in [2.75, 3.05) is 68.8 Å². The number of carbonyl (C=O) groups is 1. The monoisotopic (exact) mass is 522 g/mol. The van der Waals surface area contributed by atoms with E-state index in [9.17, 15) is 18.0 Å². The SMILES string of the molecule is O=C(NCCN1CCOCC1)C1Cc2cc(C(F)(F)F)ccc2N2CCN(c3cccc(Cl)c3)CC12. The second-order valence-corrected chi connectivity index (χ2v) is 10.0. The summed E-state index contributed by atoms with van der Waals surface area (Å²) < 4.78 is 45.7. The summed E-state index contributed by atoms with van der Waals surface area (Å²) in [5.74, 6) is -0.582. The Balaban J connectivity index is 1.37. The first-order chi connectivity index (χ1) is 17.3. The highest BCUT2D eigenvalue weighted by Gasteiger charge is 2.42. The smallest absolute Gasteiger partial charge is 0.379 e. The predicted octanol–water partition coefficient (Wildman–Crippen LogP) is 3.67. The van der Waals surface area contributed by atoms with Crippen LogP contribution in [0.25, 0.3) is 0 Å². The van der Waals surface area contributed by atoms with E-state index >= 15 is 0 Å². The van der Waals surface area contributed by atoms with E-state index in [2.05, 4.69) is 20.0 Å². The van der Waals surface area contributed by atoms with Gasteiger partial charge in [0.2, 0.25) is 5.91 Å². The number of hydrogen-bond donors (Lipinski definition) is 1. The summed E-state index contributed by atoms with van der Waals surface area (Å²) in [6.07, 6.45) is -4.15. The maximum atomic E-state index is 13.4. The fourth-order valence-electron chi connectivity index (χ4n) is 5.50. The van der Waals surface area contributed by atoms with Gasteiger partial charge in [0.15, 0.2) is 0 Å². The zero-order valence-electron chi connectivity index (χ0n) is 19.9. The van der Waals surface area contributed by atoms with Crippen LogP contribution in [0.4, 0.5) is 24.5 Å². The van der Waals surface area contributed by atoms with Gasteiger partial charge in [-0.3, -0.25) is 9.69 Å². The third-order valence-electron chi connectivity index (χ3n) is 7.38. The molecule has 1 N–H and O–H groups in total. The Bertz CT molecular complexity index is 1090. The van der Waals surface area contributed by atoms with Crippen LogP contribution in [0, 0.1) is 5.92 Å². The maximum Gasteiger partial charge on any atom is 0.416 e. The molecule has 0 spiro atoms. The molecule has 0 saturated carbocycles. The normalized spacial score (nSPS) is 22.7. The molecule has 2 aromatic carbocycles. The Kier molecular flexibility index (Phi) is 7.32. The van der Waals surface area contributed by atoms with Gasteiger partial charge in [0, 0.05) is 62.2 Å². The van der Waals surface area contributed by atoms with Crippen LogP contribution >= 0.6 is 11.6 Å². The summed E-state index contributed by atoms with van der Waals surface area (Å²) in [6.45, 7) is 6.12. The number of carbonyl (C=O) groups excluding carboxylic acids is 1. The van der Waals surface area contributed by atoms with Crippen molar-refractivity contribution in [1.82, 2.24) is 10.2 Å². The lowest BCUT2D eigenvalue weighted by atomic mass is 9.82. The number of anilines is 2. The fraction of sp³-hybridized carbons (Fsp3) is 0.500. The average Bonchev–Trinajstić information content (AvgIpc) is 2.87. The van der Waals surface area contributed by atoms with E-state index in [0.717, 1.165) is 37.1 Å². The summed E-state index contributed by atoms with van der Waals surface area (Å²) >= 11 is 6.22.